The molecule has 0 aliphatic rings. The Morgan fingerprint density at radius 3 is 2.52 bits per heavy atom. The molecule has 3 N–H and O–H groups in total. The van der Waals surface area contributed by atoms with Crippen molar-refractivity contribution in [2.75, 3.05) is 0 Å². The van der Waals surface area contributed by atoms with Gasteiger partial charge in [-0.1, -0.05) is 12.1 Å². The Labute approximate surface area is 120 Å². The van der Waals surface area contributed by atoms with Crippen molar-refractivity contribution in [3.63, 3.8) is 0 Å². The van der Waals surface area contributed by atoms with Crippen molar-refractivity contribution in [1.82, 2.24) is 4.72 Å². The quantitative estimate of drug-likeness (QED) is 0.637. The molecule has 1 unspecified atom stereocenters. The second-order valence-electron chi connectivity index (χ2n) is 4.18. The van der Waals surface area contributed by atoms with Crippen molar-refractivity contribution in [1.29, 1.82) is 5.26 Å². The van der Waals surface area contributed by atoms with Gasteiger partial charge >= 0.3 is 11.9 Å². The van der Waals surface area contributed by atoms with Gasteiger partial charge in [-0.15, -0.1) is 0 Å². The molecule has 1 aromatic rings. The van der Waals surface area contributed by atoms with Crippen LogP contribution >= 0.6 is 0 Å². The minimum Gasteiger partial charge on any atom is -0.481 e. The number of nitrogens with zero attached hydrogens (tertiary/aromatic N) is 1. The standard InChI is InChI=1S/C12H12N2O6S/c13-6-8-2-1-3-9(4-8)7-21(19,20)14-10(12(17)18)5-11(15)16/h1-4,10,14H,5,7H2,(H,15,16)(H,17,18). The molecule has 0 saturated heterocycles. The van der Waals surface area contributed by atoms with E-state index in [2.05, 4.69) is 0 Å². The molecule has 0 saturated carbocycles. The van der Waals surface area contributed by atoms with E-state index in [-0.39, 0.29) is 5.56 Å². The number of hydrogen-bond acceptors (Lipinski definition) is 5. The summed E-state index contributed by atoms with van der Waals surface area (Å²) in [4.78, 5) is 21.3. The summed E-state index contributed by atoms with van der Waals surface area (Å²) >= 11 is 0. The molecule has 1 atom stereocenters. The van der Waals surface area contributed by atoms with Gasteiger partial charge in [0.05, 0.1) is 23.8 Å². The number of hydrogen-bond donors (Lipinski definition) is 3. The van der Waals surface area contributed by atoms with Crippen LogP contribution in [0.25, 0.3) is 0 Å². The first-order valence-electron chi connectivity index (χ1n) is 5.67. The number of aliphatic carboxylic acids is 2. The number of benzene rings is 1. The Hall–Kier alpha value is -2.44. The maximum absolute atomic E-state index is 11.8. The van der Waals surface area contributed by atoms with Crippen LogP contribution in [0.4, 0.5) is 0 Å². The van der Waals surface area contributed by atoms with Crippen molar-refractivity contribution in [3.8, 4) is 6.07 Å². The highest BCUT2D eigenvalue weighted by Crippen LogP contribution is 2.09. The first kappa shape index (κ1) is 16.6. The third kappa shape index (κ3) is 5.60. The van der Waals surface area contributed by atoms with Crippen LogP contribution in [-0.2, 0) is 25.4 Å². The minimum absolute atomic E-state index is 0.267. The fourth-order valence-corrected chi connectivity index (χ4v) is 2.88. The molecule has 0 heterocycles. The predicted octanol–water partition coefficient (Wildman–Crippen LogP) is -0.0944. The van der Waals surface area contributed by atoms with E-state index in [1.807, 2.05) is 10.8 Å². The molecular weight excluding hydrogens is 300 g/mol. The molecular formula is C12H12N2O6S. The van der Waals surface area contributed by atoms with Gasteiger partial charge < -0.3 is 10.2 Å². The van der Waals surface area contributed by atoms with Crippen LogP contribution in [0.5, 0.6) is 0 Å². The fourth-order valence-electron chi connectivity index (χ4n) is 1.56. The Bertz CT molecular complexity index is 692. The lowest BCUT2D eigenvalue weighted by Crippen LogP contribution is -2.42. The number of sulfonamides is 1. The maximum atomic E-state index is 11.8. The lowest BCUT2D eigenvalue weighted by atomic mass is 10.2. The molecule has 8 nitrogen and oxygen atoms in total. The second-order valence-corrected chi connectivity index (χ2v) is 5.93. The third-order valence-electron chi connectivity index (χ3n) is 2.41. The molecule has 0 aliphatic heterocycles. The maximum Gasteiger partial charge on any atom is 0.322 e. The first-order valence-corrected chi connectivity index (χ1v) is 7.32. The predicted molar refractivity (Wildman–Crippen MR) is 70.6 cm³/mol. The smallest absolute Gasteiger partial charge is 0.322 e. The molecule has 0 aromatic heterocycles. The van der Waals surface area contributed by atoms with Gasteiger partial charge in [-0.25, -0.2) is 13.1 Å². The lowest BCUT2D eigenvalue weighted by molar-refractivity contribution is -0.145. The van der Waals surface area contributed by atoms with Crippen LogP contribution < -0.4 is 4.72 Å². The van der Waals surface area contributed by atoms with Crippen molar-refractivity contribution >= 4 is 22.0 Å². The van der Waals surface area contributed by atoms with Crippen molar-refractivity contribution in [3.05, 3.63) is 35.4 Å². The van der Waals surface area contributed by atoms with Crippen molar-refractivity contribution < 1.29 is 28.2 Å². The van der Waals surface area contributed by atoms with E-state index in [9.17, 15) is 18.0 Å². The molecule has 0 aliphatic carbocycles. The SMILES string of the molecule is N#Cc1cccc(CS(=O)(=O)NC(CC(=O)O)C(=O)O)c1. The van der Waals surface area contributed by atoms with Gasteiger partial charge in [-0.2, -0.15) is 5.26 Å². The van der Waals surface area contributed by atoms with E-state index in [0.29, 0.717) is 5.56 Å². The Morgan fingerprint density at radius 1 is 1.33 bits per heavy atom. The summed E-state index contributed by atoms with van der Waals surface area (Å²) in [5.74, 6) is -3.56. The third-order valence-corrected chi connectivity index (χ3v) is 3.77. The number of carboxylic acid groups (broad SMARTS) is 2. The summed E-state index contributed by atoms with van der Waals surface area (Å²) in [5.41, 5.74) is 0.559. The first-order chi connectivity index (χ1) is 9.73. The number of carboxylic acids is 2. The highest BCUT2D eigenvalue weighted by molar-refractivity contribution is 7.88. The van der Waals surface area contributed by atoms with E-state index in [0.717, 1.165) is 0 Å². The summed E-state index contributed by atoms with van der Waals surface area (Å²) in [6, 6.07) is 5.92. The van der Waals surface area contributed by atoms with Crippen LogP contribution in [0.2, 0.25) is 0 Å². The van der Waals surface area contributed by atoms with Crippen LogP contribution in [0.1, 0.15) is 17.5 Å². The van der Waals surface area contributed by atoms with Crippen LogP contribution in [-0.4, -0.2) is 36.6 Å². The Morgan fingerprint density at radius 2 is 2.00 bits per heavy atom. The van der Waals surface area contributed by atoms with E-state index < -0.39 is 40.2 Å². The zero-order valence-corrected chi connectivity index (χ0v) is 11.5. The Kier molecular flexibility index (Phi) is 5.40. The minimum atomic E-state index is -4.05. The summed E-state index contributed by atoms with van der Waals surface area (Å²) < 4.78 is 25.5. The zero-order valence-electron chi connectivity index (χ0n) is 10.7. The van der Waals surface area contributed by atoms with Gasteiger partial charge in [0, 0.05) is 0 Å². The molecule has 1 aromatic carbocycles. The van der Waals surface area contributed by atoms with Gasteiger partial charge in [-0.3, -0.25) is 9.59 Å². The van der Waals surface area contributed by atoms with Crippen LogP contribution in [0, 0.1) is 11.3 Å². The molecule has 9 heteroatoms. The normalized spacial score (nSPS) is 12.3. The number of carbonyl (C=O) groups is 2. The lowest BCUT2D eigenvalue weighted by Gasteiger charge is -2.13. The summed E-state index contributed by atoms with van der Waals surface area (Å²) in [6.45, 7) is 0. The summed E-state index contributed by atoms with van der Waals surface area (Å²) in [6.07, 6.45) is -0.868. The molecule has 21 heavy (non-hydrogen) atoms. The molecule has 1 rings (SSSR count). The zero-order chi connectivity index (χ0) is 16.0. The summed E-state index contributed by atoms with van der Waals surface area (Å²) in [7, 11) is -4.05. The van der Waals surface area contributed by atoms with E-state index in [4.69, 9.17) is 15.5 Å². The van der Waals surface area contributed by atoms with Gasteiger partial charge in [0.2, 0.25) is 10.0 Å². The van der Waals surface area contributed by atoms with Crippen LogP contribution in [0.15, 0.2) is 24.3 Å². The highest BCUT2D eigenvalue weighted by atomic mass is 32.2. The van der Waals surface area contributed by atoms with E-state index in [1.165, 1.54) is 24.3 Å². The number of nitrogens with one attached hydrogen (secondary N) is 1. The largest absolute Gasteiger partial charge is 0.481 e. The Balaban J connectivity index is 2.87. The van der Waals surface area contributed by atoms with Gasteiger partial charge in [0.15, 0.2) is 0 Å². The van der Waals surface area contributed by atoms with Gasteiger partial charge in [0.25, 0.3) is 0 Å². The molecule has 0 amide bonds. The van der Waals surface area contributed by atoms with Gasteiger partial charge in [-0.05, 0) is 17.7 Å². The molecule has 112 valence electrons. The molecule has 0 radical (unpaired) electrons. The number of rotatable bonds is 7. The van der Waals surface area contributed by atoms with Crippen molar-refractivity contribution in [2.45, 2.75) is 18.2 Å². The highest BCUT2D eigenvalue weighted by Gasteiger charge is 2.26. The monoisotopic (exact) mass is 312 g/mol. The summed E-state index contributed by atoms with van der Waals surface area (Å²) in [5, 5.41) is 26.1. The molecule has 0 spiro atoms. The van der Waals surface area contributed by atoms with E-state index in [1.54, 1.807) is 0 Å². The average Bonchev–Trinajstić information content (AvgIpc) is 2.36. The topological polar surface area (TPSA) is 145 Å². The second kappa shape index (κ2) is 6.83. The fraction of sp³-hybridized carbons (Fsp3) is 0.250. The van der Waals surface area contributed by atoms with Crippen molar-refractivity contribution in [2.24, 2.45) is 0 Å². The van der Waals surface area contributed by atoms with Crippen LogP contribution in [0.3, 0.4) is 0 Å². The van der Waals surface area contributed by atoms with E-state index >= 15 is 0 Å². The van der Waals surface area contributed by atoms with Gasteiger partial charge in [0.1, 0.15) is 6.04 Å². The average molecular weight is 312 g/mol. The number of nitriles is 1. The molecule has 0 fully saturated rings. The molecule has 0 bridgehead atoms.